The number of hydrogen-bond acceptors (Lipinski definition) is 0. The predicted octanol–water partition coefficient (Wildman–Crippen LogP) is 3.89. The largest absolute Gasteiger partial charge is 0.0702 e. The summed E-state index contributed by atoms with van der Waals surface area (Å²) in [5, 5.41) is 4.56. The van der Waals surface area contributed by atoms with Gasteiger partial charge in [-0.05, 0) is 30.6 Å². The summed E-state index contributed by atoms with van der Waals surface area (Å²) in [6.07, 6.45) is 1.20. The van der Waals surface area contributed by atoms with Crippen LogP contribution in [0.1, 0.15) is 20.8 Å². The summed E-state index contributed by atoms with van der Waals surface area (Å²) >= 11 is 0. The van der Waals surface area contributed by atoms with Gasteiger partial charge >= 0.3 is 0 Å². The van der Waals surface area contributed by atoms with Crippen molar-refractivity contribution in [3.63, 3.8) is 0 Å². The van der Waals surface area contributed by atoms with Crippen LogP contribution in [0.25, 0.3) is 0 Å². The van der Waals surface area contributed by atoms with Gasteiger partial charge in [-0.1, -0.05) is 79.8 Å². The van der Waals surface area contributed by atoms with E-state index in [4.69, 9.17) is 0 Å². The molecule has 0 aliphatic rings. The number of hydrogen-bond donors (Lipinski definition) is 0. The second-order valence-electron chi connectivity index (χ2n) is 4.74. The van der Waals surface area contributed by atoms with Crippen molar-refractivity contribution in [2.75, 3.05) is 6.16 Å². The molecule has 0 amide bonds. The summed E-state index contributed by atoms with van der Waals surface area (Å²) in [4.78, 5) is 0. The molecule has 1 heteroatoms. The van der Waals surface area contributed by atoms with E-state index in [1.807, 2.05) is 0 Å². The van der Waals surface area contributed by atoms with Crippen LogP contribution in [-0.4, -0.2) is 11.5 Å². The molecule has 0 heterocycles. The van der Waals surface area contributed by atoms with Gasteiger partial charge in [0.05, 0.1) is 0 Å². The molecule has 2 aromatic rings. The monoisotopic (exact) mass is 256 g/mol. The van der Waals surface area contributed by atoms with Gasteiger partial charge in [-0.25, -0.2) is 0 Å². The predicted molar refractivity (Wildman–Crippen MR) is 86.0 cm³/mol. The van der Waals surface area contributed by atoms with E-state index in [0.717, 1.165) is 0 Å². The van der Waals surface area contributed by atoms with E-state index in [-0.39, 0.29) is 0 Å². The Morgan fingerprint density at radius 3 is 1.44 bits per heavy atom. The zero-order chi connectivity index (χ0) is 13.0. The van der Waals surface area contributed by atoms with Crippen molar-refractivity contribution < 1.29 is 0 Å². The van der Waals surface area contributed by atoms with Crippen LogP contribution in [0.15, 0.2) is 60.7 Å². The van der Waals surface area contributed by atoms with Crippen molar-refractivity contribution in [2.45, 2.75) is 20.8 Å². The molecule has 0 N–H and O–H groups in total. The van der Waals surface area contributed by atoms with Crippen LogP contribution in [-0.2, 0) is 0 Å². The summed E-state index contributed by atoms with van der Waals surface area (Å²) in [5.41, 5.74) is 0. The average molecular weight is 256 g/mol. The van der Waals surface area contributed by atoms with Crippen LogP contribution in [0.3, 0.4) is 0 Å². The van der Waals surface area contributed by atoms with Crippen molar-refractivity contribution >= 4 is 22.8 Å². The zero-order valence-corrected chi connectivity index (χ0v) is 12.3. The second kappa shape index (κ2) is 5.59. The maximum absolute atomic E-state index is 2.32. The molecule has 0 atom stereocenters. The lowest BCUT2D eigenvalue weighted by Crippen LogP contribution is -2.21. The molecule has 0 saturated heterocycles. The highest BCUT2D eigenvalue weighted by molar-refractivity contribution is 7.89. The number of rotatable bonds is 3. The van der Waals surface area contributed by atoms with Gasteiger partial charge in [-0.15, -0.1) is 0 Å². The van der Waals surface area contributed by atoms with Gasteiger partial charge < -0.3 is 0 Å². The molecular formula is C17H21P. The summed E-state index contributed by atoms with van der Waals surface area (Å²) < 4.78 is 0. The van der Waals surface area contributed by atoms with Crippen LogP contribution in [0, 0.1) is 0 Å². The fourth-order valence-corrected chi connectivity index (χ4v) is 6.77. The van der Waals surface area contributed by atoms with Gasteiger partial charge in [0.25, 0.3) is 0 Å². The molecule has 0 aliphatic heterocycles. The molecule has 0 radical (unpaired) electrons. The lowest BCUT2D eigenvalue weighted by Gasteiger charge is -2.28. The van der Waals surface area contributed by atoms with E-state index in [1.165, 1.54) is 16.8 Å². The molecule has 2 rings (SSSR count). The van der Waals surface area contributed by atoms with Gasteiger partial charge in [0.2, 0.25) is 0 Å². The molecule has 0 aromatic heterocycles. The summed E-state index contributed by atoms with van der Waals surface area (Å²) in [7, 11) is 0. The standard InChI is InChI=1S/C17H21P/c1-4-18(15(2)3,16-11-7-5-8-12-16)17-13-9-6-10-14-17/h5-14H,4H2,1-3H3. The quantitative estimate of drug-likeness (QED) is 0.731. The van der Waals surface area contributed by atoms with Crippen molar-refractivity contribution in [1.29, 1.82) is 0 Å². The highest BCUT2D eigenvalue weighted by Crippen LogP contribution is 2.46. The SMILES string of the molecule is CCP(=C(C)C)(c1ccccc1)c1ccccc1. The summed E-state index contributed by atoms with van der Waals surface area (Å²) in [6.45, 7) is 5.56. The third kappa shape index (κ3) is 2.18. The average Bonchev–Trinajstić information content (AvgIpc) is 2.42. The first-order valence-electron chi connectivity index (χ1n) is 6.52. The molecule has 0 nitrogen and oxygen atoms in total. The fraction of sp³-hybridized carbons (Fsp3) is 0.235. The maximum atomic E-state index is 2.32. The Kier molecular flexibility index (Phi) is 4.09. The minimum atomic E-state index is -1.34. The van der Waals surface area contributed by atoms with Gasteiger partial charge in [-0.2, -0.15) is 0 Å². The molecule has 0 aliphatic carbocycles. The maximum Gasteiger partial charge on any atom is -0.0203 e. The highest BCUT2D eigenvalue weighted by Gasteiger charge is 2.21. The molecule has 18 heavy (non-hydrogen) atoms. The van der Waals surface area contributed by atoms with E-state index in [9.17, 15) is 0 Å². The normalized spacial score (nSPS) is 11.3. The molecule has 94 valence electrons. The molecule has 0 fully saturated rings. The fourth-order valence-electron chi connectivity index (χ4n) is 2.71. The Hall–Kier alpha value is -1.26. The Balaban J connectivity index is 2.75. The van der Waals surface area contributed by atoms with E-state index in [0.29, 0.717) is 0 Å². The van der Waals surface area contributed by atoms with E-state index < -0.39 is 6.89 Å². The highest BCUT2D eigenvalue weighted by atomic mass is 31.2. The first-order chi connectivity index (χ1) is 8.71. The Labute approximate surface area is 111 Å². The molecule has 0 unspecified atom stereocenters. The van der Waals surface area contributed by atoms with Crippen LogP contribution < -0.4 is 10.6 Å². The second-order valence-corrected chi connectivity index (χ2v) is 8.92. The molecule has 0 spiro atoms. The first-order valence-corrected chi connectivity index (χ1v) is 8.49. The lowest BCUT2D eigenvalue weighted by molar-refractivity contribution is 1.50. The van der Waals surface area contributed by atoms with Crippen molar-refractivity contribution in [3.05, 3.63) is 60.7 Å². The molecule has 0 bridgehead atoms. The van der Waals surface area contributed by atoms with Gasteiger partial charge in [0, 0.05) is 0 Å². The van der Waals surface area contributed by atoms with Crippen LogP contribution in [0.4, 0.5) is 0 Å². The summed E-state index contributed by atoms with van der Waals surface area (Å²) in [6, 6.07) is 22.0. The van der Waals surface area contributed by atoms with Crippen molar-refractivity contribution in [2.24, 2.45) is 0 Å². The van der Waals surface area contributed by atoms with E-state index >= 15 is 0 Å². The third-order valence-corrected chi connectivity index (χ3v) is 8.47. The molecule has 2 aromatic carbocycles. The molecular weight excluding hydrogens is 235 g/mol. The van der Waals surface area contributed by atoms with Crippen molar-refractivity contribution in [1.82, 2.24) is 0 Å². The minimum Gasteiger partial charge on any atom is -0.0702 e. The smallest absolute Gasteiger partial charge is 0.0203 e. The Morgan fingerprint density at radius 2 is 1.17 bits per heavy atom. The third-order valence-electron chi connectivity index (χ3n) is 3.63. The zero-order valence-electron chi connectivity index (χ0n) is 11.4. The van der Waals surface area contributed by atoms with Gasteiger partial charge in [0.15, 0.2) is 0 Å². The van der Waals surface area contributed by atoms with Crippen LogP contribution in [0.2, 0.25) is 0 Å². The lowest BCUT2D eigenvalue weighted by atomic mass is 10.4. The van der Waals surface area contributed by atoms with Crippen molar-refractivity contribution in [3.8, 4) is 0 Å². The molecule has 0 saturated carbocycles. The Morgan fingerprint density at radius 1 is 0.778 bits per heavy atom. The Bertz CT molecular complexity index is 505. The van der Waals surface area contributed by atoms with E-state index in [2.05, 4.69) is 81.4 Å². The van der Waals surface area contributed by atoms with Gasteiger partial charge in [0.1, 0.15) is 0 Å². The topological polar surface area (TPSA) is 0 Å². The van der Waals surface area contributed by atoms with Gasteiger partial charge in [-0.3, -0.25) is 0 Å². The number of benzene rings is 2. The first kappa shape index (κ1) is 13.2. The van der Waals surface area contributed by atoms with Crippen LogP contribution in [0.5, 0.6) is 0 Å². The van der Waals surface area contributed by atoms with Crippen LogP contribution >= 0.6 is 6.89 Å². The summed E-state index contributed by atoms with van der Waals surface area (Å²) in [5.74, 6) is 0. The minimum absolute atomic E-state index is 1.20. The van der Waals surface area contributed by atoms with E-state index in [1.54, 1.807) is 5.29 Å².